The van der Waals surface area contributed by atoms with Crippen LogP contribution in [0.1, 0.15) is 49.9 Å². The molecule has 0 unspecified atom stereocenters. The molecule has 0 aromatic heterocycles. The van der Waals surface area contributed by atoms with Gasteiger partial charge in [0, 0.05) is 24.2 Å². The molecule has 2 N–H and O–H groups in total. The topological polar surface area (TPSA) is 75.9 Å². The first kappa shape index (κ1) is 27.0. The minimum Gasteiger partial charge on any atom is -0.490 e. The Bertz CT molecular complexity index is 1140. The van der Waals surface area contributed by atoms with Crippen LogP contribution >= 0.6 is 0 Å². The van der Waals surface area contributed by atoms with Crippen LogP contribution in [0.15, 0.2) is 36.4 Å². The Labute approximate surface area is 215 Å². The van der Waals surface area contributed by atoms with Crippen molar-refractivity contribution < 1.29 is 27.5 Å². The first-order valence-corrected chi connectivity index (χ1v) is 12.8. The molecule has 2 amide bonds. The zero-order chi connectivity index (χ0) is 26.7. The number of nitrogens with zero attached hydrogens (tertiary/aromatic N) is 2. The van der Waals surface area contributed by atoms with E-state index < -0.39 is 35.2 Å². The van der Waals surface area contributed by atoms with E-state index in [1.165, 1.54) is 29.2 Å². The second-order valence-corrected chi connectivity index (χ2v) is 10.6. The predicted molar refractivity (Wildman–Crippen MR) is 135 cm³/mol. The standard InChI is InChI=1S/C28H34F3N3O3/c1-28(2,31)17-33-12-9-18(10-13-33)16-37-25-8-6-19(14-23(25)30)21-7-5-20(15-22(21)29)27(36)34-11-3-4-24(34)26(32)35/h5-8,14-15,18,24H,3-4,9-13,16-17H2,1-2H3,(H2,32,35)/t24-/m0/s1. The van der Waals surface area contributed by atoms with E-state index in [4.69, 9.17) is 10.5 Å². The summed E-state index contributed by atoms with van der Waals surface area (Å²) in [6.07, 6.45) is 2.85. The number of nitrogens with two attached hydrogens (primary N) is 1. The van der Waals surface area contributed by atoms with Crippen molar-refractivity contribution in [2.75, 3.05) is 32.8 Å². The summed E-state index contributed by atoms with van der Waals surface area (Å²) < 4.78 is 49.3. The number of ether oxygens (including phenoxy) is 1. The number of halogens is 3. The van der Waals surface area contributed by atoms with Gasteiger partial charge in [0.2, 0.25) is 5.91 Å². The second kappa shape index (κ2) is 11.1. The number of hydrogen-bond donors (Lipinski definition) is 1. The average Bonchev–Trinajstić information content (AvgIpc) is 3.33. The lowest BCUT2D eigenvalue weighted by Crippen LogP contribution is -2.43. The molecule has 9 heteroatoms. The van der Waals surface area contributed by atoms with Gasteiger partial charge in [-0.2, -0.15) is 0 Å². The van der Waals surface area contributed by atoms with Crippen molar-refractivity contribution in [2.45, 2.75) is 51.2 Å². The fraction of sp³-hybridized carbons (Fsp3) is 0.500. The zero-order valence-corrected chi connectivity index (χ0v) is 21.3. The van der Waals surface area contributed by atoms with Crippen LogP contribution in [-0.2, 0) is 4.79 Å². The van der Waals surface area contributed by atoms with Crippen LogP contribution in [0.25, 0.3) is 11.1 Å². The van der Waals surface area contributed by atoms with E-state index >= 15 is 0 Å². The fourth-order valence-electron chi connectivity index (χ4n) is 5.19. The highest BCUT2D eigenvalue weighted by Gasteiger charge is 2.33. The Morgan fingerprint density at radius 1 is 1.03 bits per heavy atom. The largest absolute Gasteiger partial charge is 0.490 e. The van der Waals surface area contributed by atoms with Crippen molar-refractivity contribution in [1.29, 1.82) is 0 Å². The van der Waals surface area contributed by atoms with Gasteiger partial charge >= 0.3 is 0 Å². The van der Waals surface area contributed by atoms with Gasteiger partial charge in [0.15, 0.2) is 11.6 Å². The van der Waals surface area contributed by atoms with Crippen molar-refractivity contribution in [3.63, 3.8) is 0 Å². The van der Waals surface area contributed by atoms with Crippen LogP contribution in [0.2, 0.25) is 0 Å². The molecular formula is C28H34F3N3O3. The quantitative estimate of drug-likeness (QED) is 0.557. The summed E-state index contributed by atoms with van der Waals surface area (Å²) in [6, 6.07) is 7.58. The second-order valence-electron chi connectivity index (χ2n) is 10.6. The van der Waals surface area contributed by atoms with E-state index in [2.05, 4.69) is 4.90 Å². The van der Waals surface area contributed by atoms with Crippen LogP contribution in [0.3, 0.4) is 0 Å². The molecule has 2 aliphatic heterocycles. The van der Waals surface area contributed by atoms with Crippen molar-refractivity contribution in [3.05, 3.63) is 53.6 Å². The monoisotopic (exact) mass is 517 g/mol. The van der Waals surface area contributed by atoms with Crippen molar-refractivity contribution in [2.24, 2.45) is 11.7 Å². The van der Waals surface area contributed by atoms with Gasteiger partial charge in [0.1, 0.15) is 17.5 Å². The first-order valence-electron chi connectivity index (χ1n) is 12.8. The summed E-state index contributed by atoms with van der Waals surface area (Å²) in [5.74, 6) is -1.96. The highest BCUT2D eigenvalue weighted by atomic mass is 19.1. The lowest BCUT2D eigenvalue weighted by atomic mass is 9.96. The summed E-state index contributed by atoms with van der Waals surface area (Å²) >= 11 is 0. The molecule has 2 aromatic rings. The number of carbonyl (C=O) groups excluding carboxylic acids is 2. The molecule has 0 bridgehead atoms. The molecule has 2 fully saturated rings. The van der Waals surface area contributed by atoms with Gasteiger partial charge in [-0.05, 0) is 88.4 Å². The Morgan fingerprint density at radius 3 is 2.38 bits per heavy atom. The van der Waals surface area contributed by atoms with Crippen LogP contribution in [0.4, 0.5) is 13.2 Å². The summed E-state index contributed by atoms with van der Waals surface area (Å²) in [7, 11) is 0. The number of piperidine rings is 1. The molecular weight excluding hydrogens is 483 g/mol. The third-order valence-corrected chi connectivity index (χ3v) is 7.08. The molecule has 0 radical (unpaired) electrons. The summed E-state index contributed by atoms with van der Waals surface area (Å²) in [5, 5.41) is 0. The number of alkyl halides is 1. The summed E-state index contributed by atoms with van der Waals surface area (Å²) in [5.41, 5.74) is 4.73. The SMILES string of the molecule is CC(C)(F)CN1CCC(COc2ccc(-c3ccc(C(=O)N4CCC[C@H]4C(N)=O)cc3F)cc2F)CC1. The molecule has 200 valence electrons. The maximum atomic E-state index is 15.0. The van der Waals surface area contributed by atoms with Gasteiger partial charge in [0.25, 0.3) is 5.91 Å². The Balaban J connectivity index is 1.37. The molecule has 0 saturated carbocycles. The number of carbonyl (C=O) groups is 2. The van der Waals surface area contributed by atoms with Gasteiger partial charge in [0.05, 0.1) is 6.61 Å². The van der Waals surface area contributed by atoms with Crippen molar-refractivity contribution in [3.8, 4) is 16.9 Å². The molecule has 2 saturated heterocycles. The number of likely N-dealkylation sites (tertiary alicyclic amines) is 2. The minimum atomic E-state index is -1.23. The van der Waals surface area contributed by atoms with Crippen molar-refractivity contribution in [1.82, 2.24) is 9.80 Å². The Hall–Kier alpha value is -3.07. The van der Waals surface area contributed by atoms with E-state index in [0.717, 1.165) is 32.0 Å². The van der Waals surface area contributed by atoms with E-state index in [0.29, 0.717) is 38.1 Å². The number of benzene rings is 2. The smallest absolute Gasteiger partial charge is 0.254 e. The number of amides is 2. The zero-order valence-electron chi connectivity index (χ0n) is 21.3. The number of primary amides is 1. The molecule has 6 nitrogen and oxygen atoms in total. The lowest BCUT2D eigenvalue weighted by molar-refractivity contribution is -0.121. The third kappa shape index (κ3) is 6.63. The van der Waals surface area contributed by atoms with Gasteiger partial charge in [-0.15, -0.1) is 0 Å². The summed E-state index contributed by atoms with van der Waals surface area (Å²) in [6.45, 7) is 5.85. The summed E-state index contributed by atoms with van der Waals surface area (Å²) in [4.78, 5) is 27.9. The molecule has 0 spiro atoms. The Kier molecular flexibility index (Phi) is 8.11. The molecule has 0 aliphatic carbocycles. The normalized spacial score (nSPS) is 19.3. The molecule has 2 heterocycles. The average molecular weight is 518 g/mol. The molecule has 2 aromatic carbocycles. The van der Waals surface area contributed by atoms with E-state index in [-0.39, 0.29) is 22.8 Å². The highest BCUT2D eigenvalue weighted by Crippen LogP contribution is 2.30. The van der Waals surface area contributed by atoms with Crippen LogP contribution < -0.4 is 10.5 Å². The van der Waals surface area contributed by atoms with Gasteiger partial charge in [-0.25, -0.2) is 13.2 Å². The van der Waals surface area contributed by atoms with E-state index in [9.17, 15) is 22.8 Å². The lowest BCUT2D eigenvalue weighted by Gasteiger charge is -2.34. The minimum absolute atomic E-state index is 0.0924. The molecule has 1 atom stereocenters. The van der Waals surface area contributed by atoms with Crippen LogP contribution in [0.5, 0.6) is 5.75 Å². The van der Waals surface area contributed by atoms with Crippen LogP contribution in [0, 0.1) is 17.6 Å². The van der Waals surface area contributed by atoms with Gasteiger partial charge in [-0.1, -0.05) is 12.1 Å². The van der Waals surface area contributed by atoms with Gasteiger partial charge < -0.3 is 20.3 Å². The van der Waals surface area contributed by atoms with Gasteiger partial charge in [-0.3, -0.25) is 9.59 Å². The highest BCUT2D eigenvalue weighted by molar-refractivity contribution is 5.98. The van der Waals surface area contributed by atoms with E-state index in [1.807, 2.05) is 0 Å². The first-order chi connectivity index (χ1) is 17.5. The van der Waals surface area contributed by atoms with E-state index in [1.54, 1.807) is 19.9 Å². The Morgan fingerprint density at radius 2 is 1.76 bits per heavy atom. The molecule has 4 rings (SSSR count). The molecule has 37 heavy (non-hydrogen) atoms. The maximum Gasteiger partial charge on any atom is 0.254 e. The predicted octanol–water partition coefficient (Wildman–Crippen LogP) is 4.56. The number of rotatable bonds is 8. The fourth-order valence-corrected chi connectivity index (χ4v) is 5.19. The van der Waals surface area contributed by atoms with Crippen molar-refractivity contribution >= 4 is 11.8 Å². The number of hydrogen-bond acceptors (Lipinski definition) is 4. The van der Waals surface area contributed by atoms with Crippen LogP contribution in [-0.4, -0.2) is 66.1 Å². The maximum absolute atomic E-state index is 15.0. The third-order valence-electron chi connectivity index (χ3n) is 7.08. The molecule has 2 aliphatic rings.